The number of carbonyl (C=O) groups is 2. The summed E-state index contributed by atoms with van der Waals surface area (Å²) in [6.07, 6.45) is 0.858. The molecule has 0 atom stereocenters. The van der Waals surface area contributed by atoms with Crippen LogP contribution in [0.2, 0.25) is 0 Å². The maximum atomic E-state index is 12.0. The Kier molecular flexibility index (Phi) is 6.76. The summed E-state index contributed by atoms with van der Waals surface area (Å²) in [6.45, 7) is 4.74. The van der Waals surface area contributed by atoms with Crippen molar-refractivity contribution in [3.63, 3.8) is 0 Å². The monoisotopic (exact) mass is 402 g/mol. The molecule has 0 saturated heterocycles. The summed E-state index contributed by atoms with van der Waals surface area (Å²) >= 11 is 3.43. The maximum Gasteiger partial charge on any atom is 0.251 e. The van der Waals surface area contributed by atoms with Crippen molar-refractivity contribution in [2.45, 2.75) is 20.3 Å². The number of halogens is 1. The standard InChI is InChI=1S/C20H23BrN2O2/c1-20(2,12-15-8-10-17(21)11-9-15)14-23-18(24)13-22-19(25)16-6-4-3-5-7-16/h3-11H,12-14H2,1-2H3,(H,22,25)(H,23,24). The average Bonchev–Trinajstić information content (AvgIpc) is 2.60. The van der Waals surface area contributed by atoms with Crippen molar-refractivity contribution >= 4 is 27.7 Å². The van der Waals surface area contributed by atoms with E-state index in [1.54, 1.807) is 24.3 Å². The molecule has 0 unspecified atom stereocenters. The van der Waals surface area contributed by atoms with Crippen molar-refractivity contribution in [1.29, 1.82) is 0 Å². The predicted molar refractivity (Wildman–Crippen MR) is 103 cm³/mol. The van der Waals surface area contributed by atoms with Gasteiger partial charge in [0.15, 0.2) is 0 Å². The Morgan fingerprint density at radius 1 is 0.960 bits per heavy atom. The van der Waals surface area contributed by atoms with E-state index in [0.717, 1.165) is 10.9 Å². The van der Waals surface area contributed by atoms with E-state index in [1.165, 1.54) is 5.56 Å². The molecule has 2 aromatic carbocycles. The quantitative estimate of drug-likeness (QED) is 0.743. The highest BCUT2D eigenvalue weighted by molar-refractivity contribution is 9.10. The average molecular weight is 403 g/mol. The zero-order valence-corrected chi connectivity index (χ0v) is 16.1. The van der Waals surface area contributed by atoms with Gasteiger partial charge in [-0.1, -0.05) is 60.1 Å². The minimum Gasteiger partial charge on any atom is -0.354 e. The fourth-order valence-corrected chi connectivity index (χ4v) is 2.73. The van der Waals surface area contributed by atoms with E-state index in [2.05, 4.69) is 52.5 Å². The van der Waals surface area contributed by atoms with Crippen LogP contribution in [0.25, 0.3) is 0 Å². The van der Waals surface area contributed by atoms with E-state index in [4.69, 9.17) is 0 Å². The third-order valence-electron chi connectivity index (χ3n) is 3.81. The highest BCUT2D eigenvalue weighted by atomic mass is 79.9. The molecule has 2 rings (SSSR count). The van der Waals surface area contributed by atoms with Crippen LogP contribution < -0.4 is 10.6 Å². The van der Waals surface area contributed by atoms with Crippen LogP contribution in [0.4, 0.5) is 0 Å². The summed E-state index contributed by atoms with van der Waals surface area (Å²) in [7, 11) is 0. The van der Waals surface area contributed by atoms with Crippen LogP contribution in [0.1, 0.15) is 29.8 Å². The molecule has 0 bridgehead atoms. The number of rotatable bonds is 7. The molecule has 0 aliphatic carbocycles. The van der Waals surface area contributed by atoms with Crippen molar-refractivity contribution in [3.8, 4) is 0 Å². The van der Waals surface area contributed by atoms with Crippen molar-refractivity contribution in [2.24, 2.45) is 5.41 Å². The van der Waals surface area contributed by atoms with Gasteiger partial charge in [-0.3, -0.25) is 9.59 Å². The molecule has 0 aliphatic heterocycles. The fraction of sp³-hybridized carbons (Fsp3) is 0.300. The van der Waals surface area contributed by atoms with Crippen LogP contribution in [0, 0.1) is 5.41 Å². The first-order valence-corrected chi connectivity index (χ1v) is 8.99. The van der Waals surface area contributed by atoms with Crippen LogP contribution in [-0.4, -0.2) is 24.9 Å². The Morgan fingerprint density at radius 3 is 2.24 bits per heavy atom. The molecular weight excluding hydrogens is 380 g/mol. The second-order valence-electron chi connectivity index (χ2n) is 6.79. The number of amides is 2. The molecule has 2 N–H and O–H groups in total. The smallest absolute Gasteiger partial charge is 0.251 e. The van der Waals surface area contributed by atoms with Crippen molar-refractivity contribution in [3.05, 3.63) is 70.2 Å². The number of carbonyl (C=O) groups excluding carboxylic acids is 2. The summed E-state index contributed by atoms with van der Waals surface area (Å²) in [4.78, 5) is 23.9. The lowest BCUT2D eigenvalue weighted by molar-refractivity contribution is -0.120. The second kappa shape index (κ2) is 8.81. The minimum absolute atomic E-state index is 0.0257. The van der Waals surface area contributed by atoms with E-state index in [9.17, 15) is 9.59 Å². The third kappa shape index (κ3) is 6.70. The molecule has 25 heavy (non-hydrogen) atoms. The van der Waals surface area contributed by atoms with E-state index >= 15 is 0 Å². The fourth-order valence-electron chi connectivity index (χ4n) is 2.47. The number of benzene rings is 2. The van der Waals surface area contributed by atoms with Crippen LogP contribution in [0.15, 0.2) is 59.1 Å². The molecule has 4 nitrogen and oxygen atoms in total. The van der Waals surface area contributed by atoms with Gasteiger partial charge in [0.25, 0.3) is 5.91 Å². The molecule has 0 saturated carbocycles. The van der Waals surface area contributed by atoms with Gasteiger partial charge in [0, 0.05) is 16.6 Å². The first-order valence-electron chi connectivity index (χ1n) is 8.20. The lowest BCUT2D eigenvalue weighted by atomic mass is 9.85. The first kappa shape index (κ1) is 19.2. The zero-order valence-electron chi connectivity index (χ0n) is 14.5. The summed E-state index contributed by atoms with van der Waals surface area (Å²) < 4.78 is 1.05. The van der Waals surface area contributed by atoms with E-state index < -0.39 is 0 Å². The van der Waals surface area contributed by atoms with Gasteiger partial charge in [0.05, 0.1) is 6.54 Å². The van der Waals surface area contributed by atoms with Crippen LogP contribution >= 0.6 is 15.9 Å². The van der Waals surface area contributed by atoms with Gasteiger partial charge in [-0.25, -0.2) is 0 Å². The Morgan fingerprint density at radius 2 is 1.60 bits per heavy atom. The van der Waals surface area contributed by atoms with Gasteiger partial charge >= 0.3 is 0 Å². The summed E-state index contributed by atoms with van der Waals surface area (Å²) in [5.41, 5.74) is 1.69. The summed E-state index contributed by atoms with van der Waals surface area (Å²) in [6, 6.07) is 17.0. The van der Waals surface area contributed by atoms with Gasteiger partial charge in [0.2, 0.25) is 5.91 Å². The summed E-state index contributed by atoms with van der Waals surface area (Å²) in [5.74, 6) is -0.432. The molecule has 132 valence electrons. The minimum atomic E-state index is -0.245. The molecule has 2 aromatic rings. The molecule has 0 fully saturated rings. The highest BCUT2D eigenvalue weighted by Crippen LogP contribution is 2.22. The molecular formula is C20H23BrN2O2. The van der Waals surface area contributed by atoms with Gasteiger partial charge in [-0.2, -0.15) is 0 Å². The van der Waals surface area contributed by atoms with Crippen LogP contribution in [0.3, 0.4) is 0 Å². The van der Waals surface area contributed by atoms with Gasteiger partial charge < -0.3 is 10.6 Å². The zero-order chi connectivity index (χ0) is 18.3. The SMILES string of the molecule is CC(C)(CNC(=O)CNC(=O)c1ccccc1)Cc1ccc(Br)cc1. The highest BCUT2D eigenvalue weighted by Gasteiger charge is 2.19. The normalized spacial score (nSPS) is 11.0. The molecule has 0 spiro atoms. The van der Waals surface area contributed by atoms with Crippen LogP contribution in [0.5, 0.6) is 0 Å². The van der Waals surface area contributed by atoms with Crippen molar-refractivity contribution in [1.82, 2.24) is 10.6 Å². The number of hydrogen-bond donors (Lipinski definition) is 2. The molecule has 0 aliphatic rings. The van der Waals surface area contributed by atoms with Gasteiger partial charge in [-0.15, -0.1) is 0 Å². The lowest BCUT2D eigenvalue weighted by Crippen LogP contribution is -2.41. The molecule has 0 aromatic heterocycles. The molecule has 0 radical (unpaired) electrons. The topological polar surface area (TPSA) is 58.2 Å². The van der Waals surface area contributed by atoms with Crippen LogP contribution in [-0.2, 0) is 11.2 Å². The molecule has 0 heterocycles. The Labute approximate surface area is 157 Å². The Balaban J connectivity index is 1.76. The second-order valence-corrected chi connectivity index (χ2v) is 7.71. The van der Waals surface area contributed by atoms with Gasteiger partial charge in [-0.05, 0) is 41.7 Å². The van der Waals surface area contributed by atoms with E-state index in [0.29, 0.717) is 12.1 Å². The molecule has 2 amide bonds. The van der Waals surface area contributed by atoms with Crippen molar-refractivity contribution in [2.75, 3.05) is 13.1 Å². The van der Waals surface area contributed by atoms with E-state index in [-0.39, 0.29) is 23.8 Å². The largest absolute Gasteiger partial charge is 0.354 e. The van der Waals surface area contributed by atoms with Gasteiger partial charge in [0.1, 0.15) is 0 Å². The van der Waals surface area contributed by atoms with E-state index in [1.807, 2.05) is 18.2 Å². The predicted octanol–water partition coefficient (Wildman–Crippen LogP) is 3.56. The number of hydrogen-bond acceptors (Lipinski definition) is 2. The lowest BCUT2D eigenvalue weighted by Gasteiger charge is -2.25. The summed E-state index contributed by atoms with van der Waals surface area (Å²) in [5, 5.41) is 5.53. The number of nitrogens with one attached hydrogen (secondary N) is 2. The molecule has 5 heteroatoms. The third-order valence-corrected chi connectivity index (χ3v) is 4.33. The maximum absolute atomic E-state index is 12.0. The first-order chi connectivity index (χ1) is 11.9. The Bertz CT molecular complexity index is 712. The Hall–Kier alpha value is -2.14. The van der Waals surface area contributed by atoms with Crippen molar-refractivity contribution < 1.29 is 9.59 Å².